The molecule has 0 aliphatic carbocycles. The van der Waals surface area contributed by atoms with Gasteiger partial charge in [0.2, 0.25) is 0 Å². The monoisotopic (exact) mass is 1160 g/mol. The second-order valence-corrected chi connectivity index (χ2v) is 22.1. The van der Waals surface area contributed by atoms with Crippen molar-refractivity contribution in [3.05, 3.63) is 68.9 Å². The van der Waals surface area contributed by atoms with E-state index in [9.17, 15) is 63.5 Å². The normalized spacial score (nSPS) is 14.5. The van der Waals surface area contributed by atoms with E-state index >= 15 is 0 Å². The number of rotatable bonds is 6. The van der Waals surface area contributed by atoms with Crippen molar-refractivity contribution < 1.29 is 78.1 Å². The Labute approximate surface area is 443 Å². The number of alkyl halides is 9. The molecule has 0 aromatic carbocycles. The van der Waals surface area contributed by atoms with Crippen LogP contribution in [0.1, 0.15) is 87.6 Å². The molecule has 18 nitrogen and oxygen atoms in total. The van der Waals surface area contributed by atoms with Gasteiger partial charge in [0, 0.05) is 83.1 Å². The first kappa shape index (κ1) is 60.8. The fourth-order valence-corrected chi connectivity index (χ4v) is 10.0. The van der Waals surface area contributed by atoms with E-state index in [2.05, 4.69) is 35.2 Å². The number of aromatic carboxylic acids is 1. The molecule has 76 heavy (non-hydrogen) atoms. The Kier molecular flexibility index (Phi) is 19.9. The Balaban J connectivity index is 0.000000197. The van der Waals surface area contributed by atoms with E-state index in [1.165, 1.54) is 34.3 Å². The first-order valence-electron chi connectivity index (χ1n) is 22.4. The minimum atomic E-state index is -4.34. The van der Waals surface area contributed by atoms with Crippen LogP contribution in [0.3, 0.4) is 0 Å². The molecular weight excluding hydrogens is 1110 g/mol. The zero-order valence-electron chi connectivity index (χ0n) is 41.1. The van der Waals surface area contributed by atoms with E-state index in [1.807, 2.05) is 20.8 Å². The van der Waals surface area contributed by atoms with Crippen LogP contribution in [-0.2, 0) is 28.7 Å². The number of thiophene rings is 3. The largest absolute Gasteiger partial charge is 0.476 e. The number of fused-ring (bicyclic) bond motifs is 3. The van der Waals surface area contributed by atoms with Gasteiger partial charge in [0.25, 0.3) is 11.1 Å². The third kappa shape index (κ3) is 18.9. The van der Waals surface area contributed by atoms with Crippen LogP contribution >= 0.6 is 45.6 Å². The van der Waals surface area contributed by atoms with Gasteiger partial charge in [-0.3, -0.25) is 9.59 Å². The third-order valence-electron chi connectivity index (χ3n) is 9.84. The molecule has 8 rings (SSSR count). The second-order valence-electron chi connectivity index (χ2n) is 18.4. The van der Waals surface area contributed by atoms with Crippen molar-refractivity contribution in [1.82, 2.24) is 49.9 Å². The molecule has 3 amide bonds. The molecular formula is C45H48ClF9N10O8S3. The molecule has 2 saturated heterocycles. The van der Waals surface area contributed by atoms with E-state index in [-0.39, 0.29) is 72.1 Å². The van der Waals surface area contributed by atoms with E-state index in [1.54, 1.807) is 25.7 Å². The Hall–Kier alpha value is -6.11. The highest BCUT2D eigenvalue weighted by molar-refractivity contribution is 7.19. The number of nitrogens with zero attached hydrogens (tertiary/aromatic N) is 9. The molecule has 6 aromatic heterocycles. The van der Waals surface area contributed by atoms with Crippen molar-refractivity contribution in [2.45, 2.75) is 90.5 Å². The van der Waals surface area contributed by atoms with Gasteiger partial charge in [0.1, 0.15) is 56.1 Å². The smallest absolute Gasteiger partial charge is 0.410 e. The van der Waals surface area contributed by atoms with Crippen LogP contribution < -0.4 is 5.32 Å². The molecule has 0 spiro atoms. The number of hydrogen-bond acceptors (Lipinski definition) is 17. The zero-order chi connectivity index (χ0) is 56.6. The fourth-order valence-electron chi connectivity index (χ4n) is 6.81. The number of nitrogens with one attached hydrogen (secondary N) is 1. The molecule has 6 aromatic rings. The minimum Gasteiger partial charge on any atom is -0.476 e. The molecule has 31 heteroatoms. The summed E-state index contributed by atoms with van der Waals surface area (Å²) in [6.07, 6.45) is -13.5. The molecule has 0 saturated carbocycles. The van der Waals surface area contributed by atoms with Gasteiger partial charge in [0.15, 0.2) is 5.69 Å². The maximum absolute atomic E-state index is 12.9. The summed E-state index contributed by atoms with van der Waals surface area (Å²) in [5.74, 6) is -1.67. The van der Waals surface area contributed by atoms with Crippen LogP contribution in [-0.4, -0.2) is 161 Å². The SMILES string of the molecule is CC(C)(C)OC(=O)N1CCN(C(=O)c2ncnc3sc(CC(F)(F)F)cc23)CC1.CC(C)(C)OC(=O)N1CCNCC1.O=C(Cl)c1ncnc2sc(CC(F)(F)F)cc12.O=C(O)c1ncnc2sc(CC(F)(F)F)cc12. The Morgan fingerprint density at radius 3 is 1.22 bits per heavy atom. The number of hydrogen-bond donors (Lipinski definition) is 2. The highest BCUT2D eigenvalue weighted by atomic mass is 35.5. The summed E-state index contributed by atoms with van der Waals surface area (Å²) in [4.78, 5) is 87.0. The lowest BCUT2D eigenvalue weighted by Crippen LogP contribution is -2.51. The minimum absolute atomic E-state index is 0.0236. The first-order valence-corrected chi connectivity index (χ1v) is 25.3. The van der Waals surface area contributed by atoms with Crippen LogP contribution in [0.25, 0.3) is 30.6 Å². The number of halogens is 10. The fraction of sp³-hybridized carbons (Fsp3) is 0.489. The number of piperazine rings is 2. The molecule has 0 atom stereocenters. The molecule has 414 valence electrons. The molecule has 2 fully saturated rings. The van der Waals surface area contributed by atoms with Crippen LogP contribution in [0.2, 0.25) is 0 Å². The number of carboxylic acid groups (broad SMARTS) is 1. The predicted molar refractivity (Wildman–Crippen MR) is 263 cm³/mol. The van der Waals surface area contributed by atoms with Crippen molar-refractivity contribution >= 4 is 106 Å². The highest BCUT2D eigenvalue weighted by Gasteiger charge is 2.33. The molecule has 8 heterocycles. The molecule has 0 bridgehead atoms. The number of carboxylic acids is 1. The van der Waals surface area contributed by atoms with Crippen molar-refractivity contribution in [3.63, 3.8) is 0 Å². The average molecular weight is 1160 g/mol. The van der Waals surface area contributed by atoms with Gasteiger partial charge < -0.3 is 34.6 Å². The van der Waals surface area contributed by atoms with Gasteiger partial charge in [-0.1, -0.05) is 0 Å². The van der Waals surface area contributed by atoms with E-state index in [4.69, 9.17) is 26.2 Å². The number of carbonyl (C=O) groups excluding carboxylic acids is 4. The Morgan fingerprint density at radius 1 is 0.539 bits per heavy atom. The third-order valence-corrected chi connectivity index (χ3v) is 13.2. The van der Waals surface area contributed by atoms with Crippen LogP contribution in [0.15, 0.2) is 37.2 Å². The Bertz CT molecular complexity index is 2910. The maximum Gasteiger partial charge on any atom is 0.410 e. The molecule has 2 N–H and O–H groups in total. The summed E-state index contributed by atoms with van der Waals surface area (Å²) in [6.45, 7) is 15.4. The average Bonchev–Trinajstić information content (AvgIpc) is 4.02. The molecule has 0 radical (unpaired) electrons. The van der Waals surface area contributed by atoms with Gasteiger partial charge in [-0.05, 0) is 71.3 Å². The topological polar surface area (TPSA) is 223 Å². The summed E-state index contributed by atoms with van der Waals surface area (Å²) in [5.41, 5.74) is -1.27. The van der Waals surface area contributed by atoms with E-state index in [0.717, 1.165) is 72.8 Å². The highest BCUT2D eigenvalue weighted by Crippen LogP contribution is 2.34. The maximum atomic E-state index is 12.9. The van der Waals surface area contributed by atoms with Gasteiger partial charge in [-0.15, -0.1) is 34.0 Å². The van der Waals surface area contributed by atoms with Gasteiger partial charge in [-0.2, -0.15) is 39.5 Å². The number of aromatic nitrogens is 6. The van der Waals surface area contributed by atoms with Crippen molar-refractivity contribution in [2.24, 2.45) is 0 Å². The molecule has 0 unspecified atom stereocenters. The standard InChI is InChI=1S/C18H21F3N4O3S.C9H4ClF3N2OS.C9H5F3N2O2S.C9H18N2O2/c1-17(2,3)28-16(27)25-6-4-24(5-7-25)15(26)13-12-8-11(9-18(19,20)21)29-14(12)23-10-22-13;10-7(16)6-5-1-4(2-9(11,12)13)17-8(5)15-3-14-6;10-9(11,12)2-4-1-5-6(8(15)16)13-3-14-7(5)17-4;1-9(2,3)13-8(12)11-6-4-10-5-7-11/h8,10H,4-7,9H2,1-3H3;1,3H,2H2;1,3H,2H2,(H,15,16);10H,4-7H2,1-3H3. The number of ether oxygens (including phenoxy) is 2. The van der Waals surface area contributed by atoms with Gasteiger partial charge in [-0.25, -0.2) is 44.3 Å². The summed E-state index contributed by atoms with van der Waals surface area (Å²) < 4.78 is 122. The zero-order valence-corrected chi connectivity index (χ0v) is 44.3. The van der Waals surface area contributed by atoms with Crippen molar-refractivity contribution in [1.29, 1.82) is 0 Å². The molecule has 2 aliphatic heterocycles. The number of amides is 3. The molecule has 2 aliphatic rings. The lowest BCUT2D eigenvalue weighted by molar-refractivity contribution is -0.127. The van der Waals surface area contributed by atoms with Crippen LogP contribution in [0.4, 0.5) is 49.1 Å². The van der Waals surface area contributed by atoms with Crippen LogP contribution in [0.5, 0.6) is 0 Å². The van der Waals surface area contributed by atoms with Crippen molar-refractivity contribution in [2.75, 3.05) is 52.4 Å². The van der Waals surface area contributed by atoms with Gasteiger partial charge >= 0.3 is 36.7 Å². The number of carbonyl (C=O) groups is 5. The van der Waals surface area contributed by atoms with E-state index in [0.29, 0.717) is 28.1 Å². The summed E-state index contributed by atoms with van der Waals surface area (Å²) >= 11 is 7.87. The lowest BCUT2D eigenvalue weighted by Gasteiger charge is -2.35. The Morgan fingerprint density at radius 2 is 0.868 bits per heavy atom. The summed E-state index contributed by atoms with van der Waals surface area (Å²) in [7, 11) is 0. The van der Waals surface area contributed by atoms with Gasteiger partial charge in [0.05, 0.1) is 19.3 Å². The van der Waals surface area contributed by atoms with Crippen molar-refractivity contribution in [3.8, 4) is 0 Å². The summed E-state index contributed by atoms with van der Waals surface area (Å²) in [5, 5.41) is 11.9. The predicted octanol–water partition coefficient (Wildman–Crippen LogP) is 9.99. The van der Waals surface area contributed by atoms with Crippen LogP contribution in [0, 0.1) is 0 Å². The summed E-state index contributed by atoms with van der Waals surface area (Å²) in [6, 6.07) is 3.76. The first-order chi connectivity index (χ1) is 35.1. The second kappa shape index (κ2) is 24.9. The quantitative estimate of drug-likeness (QED) is 0.117. The lowest BCUT2D eigenvalue weighted by atomic mass is 10.2. The van der Waals surface area contributed by atoms with E-state index < -0.39 is 66.6 Å².